The smallest absolute Gasteiger partial charge is 0.256 e. The monoisotopic (exact) mass is 463 g/mol. The lowest BCUT2D eigenvalue weighted by molar-refractivity contribution is -0.117. The summed E-state index contributed by atoms with van der Waals surface area (Å²) in [5.41, 5.74) is 2.30. The fourth-order valence-corrected chi connectivity index (χ4v) is 4.26. The van der Waals surface area contributed by atoms with Gasteiger partial charge >= 0.3 is 0 Å². The number of hydrogen-bond acceptors (Lipinski definition) is 6. The minimum atomic E-state index is -0.624. The Morgan fingerprint density at radius 1 is 1.15 bits per heavy atom. The lowest BCUT2D eigenvalue weighted by Gasteiger charge is -2.36. The van der Waals surface area contributed by atoms with Gasteiger partial charge in [-0.25, -0.2) is 0 Å². The first-order valence-corrected chi connectivity index (χ1v) is 12.0. The number of rotatable bonds is 10. The van der Waals surface area contributed by atoms with Crippen LogP contribution < -0.4 is 10.1 Å². The van der Waals surface area contributed by atoms with Gasteiger partial charge in [-0.2, -0.15) is 10.3 Å². The number of H-pyrrole nitrogens is 1. The van der Waals surface area contributed by atoms with Crippen LogP contribution in [0.1, 0.15) is 82.9 Å². The van der Waals surface area contributed by atoms with Crippen molar-refractivity contribution < 1.29 is 9.53 Å². The highest BCUT2D eigenvalue weighted by atomic mass is 16.5. The lowest BCUT2D eigenvalue weighted by Crippen LogP contribution is -2.47. The summed E-state index contributed by atoms with van der Waals surface area (Å²) in [6.07, 6.45) is 7.15. The van der Waals surface area contributed by atoms with Gasteiger partial charge in [-0.15, -0.1) is 10.2 Å². The predicted octanol–water partition coefficient (Wildman–Crippen LogP) is 4.28. The van der Waals surface area contributed by atoms with Crippen molar-refractivity contribution in [3.05, 3.63) is 53.6 Å². The van der Waals surface area contributed by atoms with E-state index in [0.29, 0.717) is 18.6 Å². The highest BCUT2D eigenvalue weighted by Crippen LogP contribution is 2.40. The number of amides is 1. The first-order valence-electron chi connectivity index (χ1n) is 12.0. The number of hydrogen-bond donors (Lipinski definition) is 2. The van der Waals surface area contributed by atoms with E-state index in [0.717, 1.165) is 29.0 Å². The van der Waals surface area contributed by atoms with Crippen molar-refractivity contribution in [1.82, 2.24) is 35.7 Å². The number of benzene rings is 1. The first-order chi connectivity index (χ1) is 16.4. The van der Waals surface area contributed by atoms with Crippen LogP contribution in [-0.4, -0.2) is 42.9 Å². The molecule has 9 nitrogen and oxygen atoms in total. The normalized spacial score (nSPS) is 18.4. The number of aromatic nitrogens is 6. The second-order valence-corrected chi connectivity index (χ2v) is 9.26. The van der Waals surface area contributed by atoms with E-state index in [1.165, 1.54) is 19.3 Å². The van der Waals surface area contributed by atoms with Gasteiger partial charge < -0.3 is 10.1 Å². The van der Waals surface area contributed by atoms with Gasteiger partial charge in [-0.3, -0.25) is 9.48 Å². The molecular weight excluding hydrogens is 430 g/mol. The molecule has 2 N–H and O–H groups in total. The maximum absolute atomic E-state index is 13.4. The number of unbranched alkanes of at least 4 members (excludes halogenated alkanes) is 3. The SMILES string of the molecule is CCCCCCOc1ccc([C@]2(C)CC(c3ccn(C(C)C)n3)=C(c3nn[nH]n3)C(=O)N2)cc1. The Morgan fingerprint density at radius 3 is 2.59 bits per heavy atom. The van der Waals surface area contributed by atoms with Crippen molar-refractivity contribution in [3.63, 3.8) is 0 Å². The summed E-state index contributed by atoms with van der Waals surface area (Å²) in [6, 6.07) is 10.1. The van der Waals surface area contributed by atoms with Gasteiger partial charge in [0.25, 0.3) is 5.91 Å². The number of aromatic amines is 1. The highest BCUT2D eigenvalue weighted by Gasteiger charge is 2.40. The van der Waals surface area contributed by atoms with E-state index in [1.54, 1.807) is 0 Å². The Hall–Kier alpha value is -3.49. The van der Waals surface area contributed by atoms with E-state index in [2.05, 4.69) is 46.7 Å². The van der Waals surface area contributed by atoms with Crippen LogP contribution in [0.15, 0.2) is 36.5 Å². The van der Waals surface area contributed by atoms with E-state index < -0.39 is 5.54 Å². The minimum Gasteiger partial charge on any atom is -0.494 e. The van der Waals surface area contributed by atoms with E-state index in [1.807, 2.05) is 48.1 Å². The van der Waals surface area contributed by atoms with Crippen LogP contribution in [0, 0.1) is 0 Å². The summed E-state index contributed by atoms with van der Waals surface area (Å²) in [6.45, 7) is 9.07. The first kappa shape index (κ1) is 23.7. The van der Waals surface area contributed by atoms with Gasteiger partial charge in [0, 0.05) is 18.7 Å². The van der Waals surface area contributed by atoms with Gasteiger partial charge in [0.15, 0.2) is 0 Å². The minimum absolute atomic E-state index is 0.210. The number of carbonyl (C=O) groups is 1. The average molecular weight is 464 g/mol. The molecule has 4 rings (SSSR count). The largest absolute Gasteiger partial charge is 0.494 e. The molecule has 0 bridgehead atoms. The van der Waals surface area contributed by atoms with Gasteiger partial charge in [0.05, 0.1) is 23.4 Å². The second-order valence-electron chi connectivity index (χ2n) is 9.26. The summed E-state index contributed by atoms with van der Waals surface area (Å²) in [5, 5.41) is 22.1. The van der Waals surface area contributed by atoms with E-state index in [9.17, 15) is 4.79 Å². The number of ether oxygens (including phenoxy) is 1. The van der Waals surface area contributed by atoms with Crippen molar-refractivity contribution in [2.24, 2.45) is 0 Å². The fraction of sp³-hybridized carbons (Fsp3) is 0.480. The molecule has 0 radical (unpaired) electrons. The van der Waals surface area contributed by atoms with Crippen LogP contribution in [0.25, 0.3) is 11.1 Å². The third-order valence-electron chi connectivity index (χ3n) is 6.22. The van der Waals surface area contributed by atoms with Crippen molar-refractivity contribution in [1.29, 1.82) is 0 Å². The molecule has 1 aromatic carbocycles. The second kappa shape index (κ2) is 10.2. The van der Waals surface area contributed by atoms with Crippen LogP contribution >= 0.6 is 0 Å². The van der Waals surface area contributed by atoms with Gasteiger partial charge in [-0.05, 0) is 61.7 Å². The van der Waals surface area contributed by atoms with Gasteiger partial charge in [-0.1, -0.05) is 38.3 Å². The van der Waals surface area contributed by atoms with Crippen molar-refractivity contribution in [2.75, 3.05) is 6.61 Å². The molecule has 1 amide bonds. The third kappa shape index (κ3) is 5.03. The summed E-state index contributed by atoms with van der Waals surface area (Å²) in [4.78, 5) is 13.4. The zero-order chi connectivity index (χ0) is 24.1. The molecule has 0 unspecified atom stereocenters. The Labute approximate surface area is 200 Å². The van der Waals surface area contributed by atoms with E-state index in [-0.39, 0.29) is 17.8 Å². The Morgan fingerprint density at radius 2 is 1.94 bits per heavy atom. The highest BCUT2D eigenvalue weighted by molar-refractivity contribution is 6.27. The Bertz CT molecular complexity index is 1130. The molecular formula is C25H33N7O2. The summed E-state index contributed by atoms with van der Waals surface area (Å²) in [7, 11) is 0. The van der Waals surface area contributed by atoms with Crippen LogP contribution in [0.3, 0.4) is 0 Å². The lowest BCUT2D eigenvalue weighted by atomic mass is 9.79. The average Bonchev–Trinajstić information content (AvgIpc) is 3.51. The molecule has 3 aromatic rings. The topological polar surface area (TPSA) is 111 Å². The van der Waals surface area contributed by atoms with Crippen LogP contribution in [-0.2, 0) is 10.3 Å². The molecule has 0 spiro atoms. The van der Waals surface area contributed by atoms with Crippen molar-refractivity contribution in [3.8, 4) is 5.75 Å². The van der Waals surface area contributed by atoms with Crippen molar-refractivity contribution in [2.45, 2.75) is 71.4 Å². The number of nitrogens with one attached hydrogen (secondary N) is 2. The Kier molecular flexibility index (Phi) is 7.09. The quantitative estimate of drug-likeness (QED) is 0.434. The van der Waals surface area contributed by atoms with Crippen LogP contribution in [0.5, 0.6) is 5.75 Å². The molecule has 2 aromatic heterocycles. The molecule has 3 heterocycles. The van der Waals surface area contributed by atoms with Gasteiger partial charge in [0.2, 0.25) is 5.82 Å². The zero-order valence-electron chi connectivity index (χ0n) is 20.3. The molecule has 34 heavy (non-hydrogen) atoms. The molecule has 1 aliphatic heterocycles. The third-order valence-corrected chi connectivity index (χ3v) is 6.22. The summed E-state index contributed by atoms with van der Waals surface area (Å²) >= 11 is 0. The molecule has 0 aliphatic carbocycles. The fourth-order valence-electron chi connectivity index (χ4n) is 4.26. The predicted molar refractivity (Wildman–Crippen MR) is 130 cm³/mol. The number of nitrogens with zero attached hydrogens (tertiary/aromatic N) is 5. The summed E-state index contributed by atoms with van der Waals surface area (Å²) in [5.74, 6) is 0.853. The van der Waals surface area contributed by atoms with Gasteiger partial charge in [0.1, 0.15) is 5.75 Å². The maximum Gasteiger partial charge on any atom is 0.256 e. The van der Waals surface area contributed by atoms with Crippen LogP contribution in [0.4, 0.5) is 0 Å². The Balaban J connectivity index is 1.61. The summed E-state index contributed by atoms with van der Waals surface area (Å²) < 4.78 is 7.78. The van der Waals surface area contributed by atoms with E-state index in [4.69, 9.17) is 9.84 Å². The molecule has 0 fully saturated rings. The number of carbonyl (C=O) groups excluding carboxylic acids is 1. The van der Waals surface area contributed by atoms with Crippen LogP contribution in [0.2, 0.25) is 0 Å². The molecule has 0 saturated carbocycles. The zero-order valence-corrected chi connectivity index (χ0v) is 20.3. The molecule has 9 heteroatoms. The standard InChI is InChI=1S/C25H33N7O2/c1-5-6-7-8-15-34-19-11-9-18(10-12-19)25(4)16-20(21-13-14-32(29-21)17(2)3)22(24(33)26-25)23-27-30-31-28-23/h9-14,17H,5-8,15-16H2,1-4H3,(H,26,33)(H,27,28,30,31)/t25-/m0/s1. The maximum atomic E-state index is 13.4. The van der Waals surface area contributed by atoms with Crippen molar-refractivity contribution >= 4 is 17.1 Å². The molecule has 1 aliphatic rings. The molecule has 0 saturated heterocycles. The molecule has 180 valence electrons. The molecule has 1 atom stereocenters. The van der Waals surface area contributed by atoms with E-state index >= 15 is 0 Å². The number of tetrazole rings is 1.